The summed E-state index contributed by atoms with van der Waals surface area (Å²) in [7, 11) is 1.80. The number of nitrogens with one attached hydrogen (secondary N) is 2. The Bertz CT molecular complexity index is 483. The minimum Gasteiger partial charge on any atom is -0.351 e. The molecule has 0 unspecified atom stereocenters. The van der Waals surface area contributed by atoms with Crippen molar-refractivity contribution < 1.29 is 9.59 Å². The zero-order valence-corrected chi connectivity index (χ0v) is 14.0. The third-order valence-corrected chi connectivity index (χ3v) is 3.34. The summed E-state index contributed by atoms with van der Waals surface area (Å²) in [6, 6.07) is 7.38. The quantitative estimate of drug-likeness (QED) is 0.718. The molecule has 1 aromatic rings. The lowest BCUT2D eigenvalue weighted by Crippen LogP contribution is -2.31. The van der Waals surface area contributed by atoms with Gasteiger partial charge in [0, 0.05) is 38.2 Å². The summed E-state index contributed by atoms with van der Waals surface area (Å²) < 4.78 is 0. The molecular formula is C17H27N3O2. The van der Waals surface area contributed by atoms with E-state index >= 15 is 0 Å². The van der Waals surface area contributed by atoms with Crippen LogP contribution in [0.5, 0.6) is 0 Å². The molecule has 0 radical (unpaired) electrons. The van der Waals surface area contributed by atoms with Gasteiger partial charge in [0.2, 0.25) is 5.91 Å². The van der Waals surface area contributed by atoms with Gasteiger partial charge in [-0.05, 0) is 24.2 Å². The second kappa shape index (κ2) is 9.20. The summed E-state index contributed by atoms with van der Waals surface area (Å²) in [6.45, 7) is 8.63. The van der Waals surface area contributed by atoms with Gasteiger partial charge in [-0.3, -0.25) is 9.59 Å². The fourth-order valence-electron chi connectivity index (χ4n) is 2.10. The molecule has 0 heterocycles. The van der Waals surface area contributed by atoms with Gasteiger partial charge in [0.15, 0.2) is 0 Å². The predicted molar refractivity (Wildman–Crippen MR) is 88.6 cm³/mol. The normalized spacial score (nSPS) is 10.6. The minimum atomic E-state index is -0.0731. The zero-order valence-electron chi connectivity index (χ0n) is 14.0. The Labute approximate surface area is 133 Å². The molecule has 1 aromatic carbocycles. The molecule has 0 aliphatic heterocycles. The van der Waals surface area contributed by atoms with Crippen LogP contribution in [0.4, 0.5) is 0 Å². The van der Waals surface area contributed by atoms with Crippen LogP contribution in [0.2, 0.25) is 0 Å². The highest BCUT2D eigenvalue weighted by Gasteiger charge is 2.13. The topological polar surface area (TPSA) is 61.4 Å². The highest BCUT2D eigenvalue weighted by Crippen LogP contribution is 2.09. The first-order valence-corrected chi connectivity index (χ1v) is 7.78. The van der Waals surface area contributed by atoms with Crippen molar-refractivity contribution in [1.29, 1.82) is 0 Å². The molecule has 5 nitrogen and oxygen atoms in total. The van der Waals surface area contributed by atoms with Crippen molar-refractivity contribution in [2.75, 3.05) is 26.7 Å². The molecule has 0 saturated carbocycles. The maximum Gasteiger partial charge on any atom is 0.251 e. The first-order chi connectivity index (χ1) is 10.5. The third-order valence-electron chi connectivity index (χ3n) is 3.34. The van der Waals surface area contributed by atoms with Crippen LogP contribution in [0.3, 0.4) is 0 Å². The Morgan fingerprint density at radius 3 is 2.32 bits per heavy atom. The Morgan fingerprint density at radius 1 is 1.14 bits per heavy atom. The molecule has 0 aromatic heterocycles. The van der Waals surface area contributed by atoms with Gasteiger partial charge in [-0.25, -0.2) is 0 Å². The van der Waals surface area contributed by atoms with Gasteiger partial charge in [-0.1, -0.05) is 32.9 Å². The van der Waals surface area contributed by atoms with E-state index in [1.165, 1.54) is 0 Å². The van der Waals surface area contributed by atoms with E-state index in [0.717, 1.165) is 18.7 Å². The summed E-state index contributed by atoms with van der Waals surface area (Å²) in [5.74, 6) is 0.0353. The number of nitrogens with zero attached hydrogens (tertiary/aromatic N) is 1. The summed E-state index contributed by atoms with van der Waals surface area (Å²) in [6.07, 6.45) is 0. The smallest absolute Gasteiger partial charge is 0.251 e. The lowest BCUT2D eigenvalue weighted by molar-refractivity contribution is -0.133. The van der Waals surface area contributed by atoms with Gasteiger partial charge in [0.05, 0.1) is 0 Å². The van der Waals surface area contributed by atoms with Crippen molar-refractivity contribution in [1.82, 2.24) is 15.5 Å². The van der Waals surface area contributed by atoms with Crippen molar-refractivity contribution in [2.24, 2.45) is 5.92 Å². The number of carbonyl (C=O) groups is 2. The van der Waals surface area contributed by atoms with Crippen LogP contribution in [0.1, 0.15) is 36.7 Å². The summed E-state index contributed by atoms with van der Waals surface area (Å²) in [5.41, 5.74) is 1.65. The maximum atomic E-state index is 11.9. The molecule has 0 aliphatic carbocycles. The van der Waals surface area contributed by atoms with Gasteiger partial charge < -0.3 is 15.5 Å². The Hall–Kier alpha value is -1.88. The molecule has 0 saturated heterocycles. The van der Waals surface area contributed by atoms with E-state index in [0.29, 0.717) is 18.7 Å². The molecule has 0 spiro atoms. The molecule has 5 heteroatoms. The fraction of sp³-hybridized carbons (Fsp3) is 0.529. The monoisotopic (exact) mass is 305 g/mol. The third kappa shape index (κ3) is 5.85. The molecule has 1 rings (SSSR count). The van der Waals surface area contributed by atoms with E-state index in [4.69, 9.17) is 0 Å². The van der Waals surface area contributed by atoms with Gasteiger partial charge in [0.1, 0.15) is 0 Å². The first-order valence-electron chi connectivity index (χ1n) is 7.78. The van der Waals surface area contributed by atoms with Crippen LogP contribution in [0, 0.1) is 5.92 Å². The second-order valence-electron chi connectivity index (χ2n) is 5.66. The lowest BCUT2D eigenvalue weighted by atomic mass is 10.1. The van der Waals surface area contributed by atoms with Gasteiger partial charge >= 0.3 is 0 Å². The van der Waals surface area contributed by atoms with Crippen molar-refractivity contribution in [3.8, 4) is 0 Å². The minimum absolute atomic E-state index is 0.00761. The van der Waals surface area contributed by atoms with Gasteiger partial charge in [-0.15, -0.1) is 0 Å². The summed E-state index contributed by atoms with van der Waals surface area (Å²) >= 11 is 0. The highest BCUT2D eigenvalue weighted by atomic mass is 16.2. The standard InChI is InChI=1S/C17H27N3O2/c1-5-18-10-11-19-16(21)15-8-6-14(7-9-15)12-20(4)17(22)13(2)3/h6-9,13,18H,5,10-12H2,1-4H3,(H,19,21). The maximum absolute atomic E-state index is 11.9. The van der Waals surface area contributed by atoms with Crippen LogP contribution in [0.25, 0.3) is 0 Å². The second-order valence-corrected chi connectivity index (χ2v) is 5.66. The van der Waals surface area contributed by atoms with Gasteiger partial charge in [0.25, 0.3) is 5.91 Å². The Kier molecular flexibility index (Phi) is 7.60. The predicted octanol–water partition coefficient (Wildman–Crippen LogP) is 1.64. The number of hydrogen-bond donors (Lipinski definition) is 2. The van der Waals surface area contributed by atoms with Gasteiger partial charge in [-0.2, -0.15) is 0 Å². The molecule has 0 bridgehead atoms. The lowest BCUT2D eigenvalue weighted by Gasteiger charge is -2.19. The SMILES string of the molecule is CCNCCNC(=O)c1ccc(CN(C)C(=O)C(C)C)cc1. The molecule has 0 atom stereocenters. The summed E-state index contributed by atoms with van der Waals surface area (Å²) in [5, 5.41) is 6.01. The van der Waals surface area contributed by atoms with E-state index in [2.05, 4.69) is 10.6 Å². The molecule has 0 fully saturated rings. The summed E-state index contributed by atoms with van der Waals surface area (Å²) in [4.78, 5) is 25.5. The fourth-order valence-corrected chi connectivity index (χ4v) is 2.10. The zero-order chi connectivity index (χ0) is 16.5. The van der Waals surface area contributed by atoms with E-state index in [-0.39, 0.29) is 17.7 Å². The van der Waals surface area contributed by atoms with E-state index in [9.17, 15) is 9.59 Å². The van der Waals surface area contributed by atoms with E-state index in [1.54, 1.807) is 24.1 Å². The molecule has 2 amide bonds. The van der Waals surface area contributed by atoms with Crippen LogP contribution >= 0.6 is 0 Å². The average Bonchev–Trinajstić information content (AvgIpc) is 2.51. The Balaban J connectivity index is 2.52. The number of likely N-dealkylation sites (N-methyl/N-ethyl adjacent to an activating group) is 1. The number of carbonyl (C=O) groups excluding carboxylic acids is 2. The van der Waals surface area contributed by atoms with Crippen LogP contribution < -0.4 is 10.6 Å². The molecule has 122 valence electrons. The number of amides is 2. The van der Waals surface area contributed by atoms with Crippen LogP contribution in [-0.2, 0) is 11.3 Å². The van der Waals surface area contributed by atoms with Crippen LogP contribution in [0.15, 0.2) is 24.3 Å². The first kappa shape index (κ1) is 18.2. The molecular weight excluding hydrogens is 278 g/mol. The van der Waals surface area contributed by atoms with Crippen molar-refractivity contribution in [3.05, 3.63) is 35.4 Å². The molecule has 0 aliphatic rings. The number of rotatable bonds is 8. The van der Waals surface area contributed by atoms with Crippen molar-refractivity contribution >= 4 is 11.8 Å². The van der Waals surface area contributed by atoms with E-state index in [1.807, 2.05) is 32.9 Å². The van der Waals surface area contributed by atoms with E-state index < -0.39 is 0 Å². The number of hydrogen-bond acceptors (Lipinski definition) is 3. The number of benzene rings is 1. The molecule has 2 N–H and O–H groups in total. The largest absolute Gasteiger partial charge is 0.351 e. The van der Waals surface area contributed by atoms with Crippen molar-refractivity contribution in [3.63, 3.8) is 0 Å². The molecule has 22 heavy (non-hydrogen) atoms. The van der Waals surface area contributed by atoms with Crippen LogP contribution in [-0.4, -0.2) is 43.4 Å². The average molecular weight is 305 g/mol. The Morgan fingerprint density at radius 2 is 1.77 bits per heavy atom. The van der Waals surface area contributed by atoms with Crippen molar-refractivity contribution in [2.45, 2.75) is 27.3 Å². The highest BCUT2D eigenvalue weighted by molar-refractivity contribution is 5.94.